The van der Waals surface area contributed by atoms with Gasteiger partial charge in [-0.3, -0.25) is 4.79 Å². The van der Waals surface area contributed by atoms with E-state index in [2.05, 4.69) is 25.9 Å². The van der Waals surface area contributed by atoms with Gasteiger partial charge in [0.05, 0.1) is 11.0 Å². The Labute approximate surface area is 111 Å². The van der Waals surface area contributed by atoms with Crippen molar-refractivity contribution in [3.63, 3.8) is 0 Å². The van der Waals surface area contributed by atoms with Gasteiger partial charge in [0.25, 0.3) is 0 Å². The molecule has 0 spiro atoms. The van der Waals surface area contributed by atoms with Gasteiger partial charge >= 0.3 is 0 Å². The molecule has 1 saturated heterocycles. The number of carbonyl (C=O) groups excluding carboxylic acids is 1. The van der Waals surface area contributed by atoms with Gasteiger partial charge in [0.2, 0.25) is 5.91 Å². The molecule has 1 atom stereocenters. The number of hydrogen-bond donors (Lipinski definition) is 2. The van der Waals surface area contributed by atoms with Crippen LogP contribution in [0.1, 0.15) is 6.42 Å². The number of amides is 1. The second-order valence-electron chi connectivity index (χ2n) is 4.11. The number of aromatic amines is 2. The lowest BCUT2D eigenvalue weighted by molar-refractivity contribution is -0.117. The fraction of sp³-hybridized carbons (Fsp3) is 0.273. The van der Waals surface area contributed by atoms with Gasteiger partial charge in [-0.2, -0.15) is 0 Å². The molecule has 3 rings (SSSR count). The minimum atomic E-state index is 0.153. The maximum Gasteiger partial charge on any atom is 0.228 e. The zero-order chi connectivity index (χ0) is 12.0. The van der Waals surface area contributed by atoms with Crippen molar-refractivity contribution in [3.8, 4) is 0 Å². The van der Waals surface area contributed by atoms with E-state index in [4.69, 9.17) is 12.2 Å². The molecule has 0 bridgehead atoms. The van der Waals surface area contributed by atoms with Crippen LogP contribution in [0.3, 0.4) is 0 Å². The number of nitrogens with one attached hydrogen (secondary N) is 2. The minimum absolute atomic E-state index is 0.153. The quantitative estimate of drug-likeness (QED) is 0.628. The van der Waals surface area contributed by atoms with E-state index in [0.29, 0.717) is 11.2 Å². The molecule has 2 N–H and O–H groups in total. The first-order valence-electron chi connectivity index (χ1n) is 5.30. The smallest absolute Gasteiger partial charge is 0.228 e. The molecule has 1 aromatic carbocycles. The van der Waals surface area contributed by atoms with Crippen molar-refractivity contribution in [2.24, 2.45) is 0 Å². The molecule has 17 heavy (non-hydrogen) atoms. The molecule has 6 heteroatoms. The summed E-state index contributed by atoms with van der Waals surface area (Å²) in [6.07, 6.45) is 0.557. The molecule has 4 nitrogen and oxygen atoms in total. The maximum absolute atomic E-state index is 11.8. The van der Waals surface area contributed by atoms with Crippen LogP contribution in [0.5, 0.6) is 0 Å². The Morgan fingerprint density at radius 3 is 2.82 bits per heavy atom. The third kappa shape index (κ3) is 1.91. The summed E-state index contributed by atoms with van der Waals surface area (Å²) in [6, 6.07) is 5.82. The van der Waals surface area contributed by atoms with Crippen molar-refractivity contribution in [2.75, 3.05) is 11.4 Å². The second kappa shape index (κ2) is 3.96. The lowest BCUT2D eigenvalue weighted by Crippen LogP contribution is -2.24. The average Bonchev–Trinajstić information content (AvgIpc) is 2.78. The molecule has 1 aromatic heterocycles. The Balaban J connectivity index is 2.06. The van der Waals surface area contributed by atoms with Crippen LogP contribution in [0.2, 0.25) is 0 Å². The summed E-state index contributed by atoms with van der Waals surface area (Å²) < 4.78 is 0.600. The van der Waals surface area contributed by atoms with Crippen molar-refractivity contribution >= 4 is 50.8 Å². The van der Waals surface area contributed by atoms with Gasteiger partial charge in [0.1, 0.15) is 0 Å². The van der Waals surface area contributed by atoms with E-state index >= 15 is 0 Å². The molecule has 2 aromatic rings. The highest BCUT2D eigenvalue weighted by Gasteiger charge is 2.28. The molecule has 0 aliphatic carbocycles. The Kier molecular flexibility index (Phi) is 2.56. The lowest BCUT2D eigenvalue weighted by atomic mass is 10.2. The van der Waals surface area contributed by atoms with Crippen molar-refractivity contribution in [1.82, 2.24) is 9.97 Å². The van der Waals surface area contributed by atoms with Gasteiger partial charge in [-0.15, -0.1) is 0 Å². The van der Waals surface area contributed by atoms with Crippen LogP contribution in [0.25, 0.3) is 11.0 Å². The number of rotatable bonds is 1. The molecule has 1 unspecified atom stereocenters. The second-order valence-corrected chi connectivity index (χ2v) is 5.82. The first-order chi connectivity index (χ1) is 8.13. The zero-order valence-electron chi connectivity index (χ0n) is 8.87. The number of halogens is 1. The Morgan fingerprint density at radius 1 is 1.35 bits per heavy atom. The first-order valence-corrected chi connectivity index (χ1v) is 6.62. The molecular formula is C11H10BrN3OS. The highest BCUT2D eigenvalue weighted by Crippen LogP contribution is 2.27. The van der Waals surface area contributed by atoms with Crippen LogP contribution >= 0.6 is 28.1 Å². The molecule has 1 fully saturated rings. The van der Waals surface area contributed by atoms with Crippen LogP contribution in [0.15, 0.2) is 18.2 Å². The van der Waals surface area contributed by atoms with E-state index in [0.717, 1.165) is 23.3 Å². The van der Waals surface area contributed by atoms with E-state index in [9.17, 15) is 4.79 Å². The predicted molar refractivity (Wildman–Crippen MR) is 73.2 cm³/mol. The first kappa shape index (κ1) is 11.0. The number of fused-ring (bicyclic) bond motifs is 1. The maximum atomic E-state index is 11.8. The van der Waals surface area contributed by atoms with Crippen LogP contribution < -0.4 is 4.90 Å². The van der Waals surface area contributed by atoms with E-state index in [1.165, 1.54) is 0 Å². The fourth-order valence-electron chi connectivity index (χ4n) is 2.10. The topological polar surface area (TPSA) is 51.9 Å². The number of aromatic nitrogens is 2. The van der Waals surface area contributed by atoms with Gasteiger partial charge < -0.3 is 14.9 Å². The van der Waals surface area contributed by atoms with Gasteiger partial charge in [-0.25, -0.2) is 0 Å². The number of H-pyrrole nitrogens is 2. The molecular weight excluding hydrogens is 302 g/mol. The summed E-state index contributed by atoms with van der Waals surface area (Å²) >= 11 is 8.51. The minimum Gasteiger partial charge on any atom is -0.331 e. The van der Waals surface area contributed by atoms with Crippen LogP contribution in [-0.2, 0) is 4.79 Å². The van der Waals surface area contributed by atoms with E-state index in [-0.39, 0.29) is 10.7 Å². The third-order valence-corrected chi connectivity index (χ3v) is 3.71. The standard InChI is InChI=1S/C11H10BrN3OS/c12-6-3-10(16)15(5-6)7-1-2-8-9(4-7)14-11(17)13-8/h1-2,4,6H,3,5H2,(H2,13,14,17). The number of nitrogens with zero attached hydrogens (tertiary/aromatic N) is 1. The van der Waals surface area contributed by atoms with E-state index in [1.54, 1.807) is 4.90 Å². The SMILES string of the molecule is O=C1CC(Br)CN1c1ccc2[nH]c(=S)[nH]c2c1. The van der Waals surface area contributed by atoms with Crippen molar-refractivity contribution in [1.29, 1.82) is 0 Å². The van der Waals surface area contributed by atoms with Crippen LogP contribution in [0, 0.1) is 4.77 Å². The number of hydrogen-bond acceptors (Lipinski definition) is 2. The van der Waals surface area contributed by atoms with Gasteiger partial charge in [-0.1, -0.05) is 15.9 Å². The summed E-state index contributed by atoms with van der Waals surface area (Å²) in [7, 11) is 0. The summed E-state index contributed by atoms with van der Waals surface area (Å²) in [5.41, 5.74) is 2.80. The normalized spacial score (nSPS) is 20.4. The predicted octanol–water partition coefficient (Wildman–Crippen LogP) is 2.73. The Bertz CT molecular complexity index is 647. The zero-order valence-corrected chi connectivity index (χ0v) is 11.3. The molecule has 1 aliphatic rings. The number of anilines is 1. The largest absolute Gasteiger partial charge is 0.331 e. The Hall–Kier alpha value is -1.14. The summed E-state index contributed by atoms with van der Waals surface area (Å²) in [6.45, 7) is 0.718. The summed E-state index contributed by atoms with van der Waals surface area (Å²) in [4.78, 5) is 19.9. The highest BCUT2D eigenvalue weighted by molar-refractivity contribution is 9.09. The average molecular weight is 312 g/mol. The van der Waals surface area contributed by atoms with E-state index < -0.39 is 0 Å². The molecule has 1 aliphatic heterocycles. The summed E-state index contributed by atoms with van der Waals surface area (Å²) in [5, 5.41) is 0. The van der Waals surface area contributed by atoms with Crippen LogP contribution in [-0.4, -0.2) is 27.2 Å². The van der Waals surface area contributed by atoms with Gasteiger partial charge in [-0.05, 0) is 30.4 Å². The highest BCUT2D eigenvalue weighted by atomic mass is 79.9. The molecule has 1 amide bonds. The monoisotopic (exact) mass is 311 g/mol. The number of benzene rings is 1. The fourth-order valence-corrected chi connectivity index (χ4v) is 2.89. The van der Waals surface area contributed by atoms with Crippen LogP contribution in [0.4, 0.5) is 5.69 Å². The third-order valence-electron chi connectivity index (χ3n) is 2.89. The van der Waals surface area contributed by atoms with Gasteiger partial charge in [0, 0.05) is 23.5 Å². The molecule has 0 radical (unpaired) electrons. The van der Waals surface area contributed by atoms with Crippen molar-refractivity contribution < 1.29 is 4.79 Å². The molecule has 2 heterocycles. The Morgan fingerprint density at radius 2 is 2.12 bits per heavy atom. The number of alkyl halides is 1. The lowest BCUT2D eigenvalue weighted by Gasteiger charge is -2.15. The number of imidazole rings is 1. The summed E-state index contributed by atoms with van der Waals surface area (Å²) in [5.74, 6) is 0.153. The van der Waals surface area contributed by atoms with Crippen molar-refractivity contribution in [3.05, 3.63) is 23.0 Å². The molecule has 0 saturated carbocycles. The number of carbonyl (C=O) groups is 1. The molecule has 88 valence electrons. The van der Waals surface area contributed by atoms with Crippen molar-refractivity contribution in [2.45, 2.75) is 11.2 Å². The van der Waals surface area contributed by atoms with E-state index in [1.807, 2.05) is 18.2 Å². The van der Waals surface area contributed by atoms with Gasteiger partial charge in [0.15, 0.2) is 4.77 Å².